The minimum Gasteiger partial charge on any atom is -0.331 e. The molecule has 1 aliphatic rings. The zero-order valence-corrected chi connectivity index (χ0v) is 21.7. The highest BCUT2D eigenvalue weighted by atomic mass is 19.1. The summed E-state index contributed by atoms with van der Waals surface area (Å²) in [6, 6.07) is 12.0. The van der Waals surface area contributed by atoms with Gasteiger partial charge in [-0.25, -0.2) is 4.39 Å². The number of amides is 2. The molecule has 3 aromatic rings. The molecular formula is C29H35FN4O2. The molecule has 4 rings (SSSR count). The van der Waals surface area contributed by atoms with Crippen LogP contribution < -0.4 is 5.32 Å². The predicted molar refractivity (Wildman–Crippen MR) is 139 cm³/mol. The molecule has 36 heavy (non-hydrogen) atoms. The predicted octanol–water partition coefficient (Wildman–Crippen LogP) is 5.88. The van der Waals surface area contributed by atoms with Crippen molar-refractivity contribution in [1.82, 2.24) is 14.7 Å². The van der Waals surface area contributed by atoms with Gasteiger partial charge in [0, 0.05) is 30.5 Å². The number of halogens is 1. The van der Waals surface area contributed by atoms with Gasteiger partial charge >= 0.3 is 0 Å². The van der Waals surface area contributed by atoms with E-state index in [9.17, 15) is 14.0 Å². The molecule has 1 fully saturated rings. The Morgan fingerprint density at radius 3 is 2.58 bits per heavy atom. The van der Waals surface area contributed by atoms with Crippen molar-refractivity contribution < 1.29 is 14.0 Å². The number of carbonyl (C=O) groups excluding carboxylic acids is 2. The van der Waals surface area contributed by atoms with E-state index in [4.69, 9.17) is 0 Å². The van der Waals surface area contributed by atoms with E-state index in [1.807, 2.05) is 31.3 Å². The monoisotopic (exact) mass is 490 g/mol. The first-order chi connectivity index (χ1) is 17.1. The lowest BCUT2D eigenvalue weighted by atomic mass is 9.84. The van der Waals surface area contributed by atoms with Crippen LogP contribution in [0.3, 0.4) is 0 Å². The highest BCUT2D eigenvalue weighted by Gasteiger charge is 2.41. The molecule has 1 N–H and O–H groups in total. The van der Waals surface area contributed by atoms with Crippen molar-refractivity contribution in [1.29, 1.82) is 0 Å². The molecule has 2 atom stereocenters. The summed E-state index contributed by atoms with van der Waals surface area (Å²) in [6.45, 7) is 11.2. The number of aryl methyl sites for hydroxylation is 2. The van der Waals surface area contributed by atoms with Crippen LogP contribution >= 0.6 is 0 Å². The summed E-state index contributed by atoms with van der Waals surface area (Å²) in [5.74, 6) is -1.60. The highest BCUT2D eigenvalue weighted by molar-refractivity contribution is 5.98. The molecule has 7 heteroatoms. The fourth-order valence-electron chi connectivity index (χ4n) is 4.96. The SMILES string of the molecule is CCn1cc([C@H]2C(C(=O)Nc3cccc(C(C)(C)C)c3)CCCN2C(=O)c2c(C)cccc2F)cn1. The van der Waals surface area contributed by atoms with Gasteiger partial charge in [-0.1, -0.05) is 45.0 Å². The van der Waals surface area contributed by atoms with Crippen molar-refractivity contribution in [2.45, 2.75) is 65.5 Å². The van der Waals surface area contributed by atoms with Gasteiger partial charge in [0.15, 0.2) is 0 Å². The van der Waals surface area contributed by atoms with Crippen molar-refractivity contribution in [3.63, 3.8) is 0 Å². The summed E-state index contributed by atoms with van der Waals surface area (Å²) in [7, 11) is 0. The van der Waals surface area contributed by atoms with E-state index in [1.54, 1.807) is 34.8 Å². The number of nitrogens with zero attached hydrogens (tertiary/aromatic N) is 3. The van der Waals surface area contributed by atoms with E-state index in [-0.39, 0.29) is 16.9 Å². The Labute approximate surface area is 212 Å². The Morgan fingerprint density at radius 2 is 1.92 bits per heavy atom. The van der Waals surface area contributed by atoms with Crippen LogP contribution in [0.4, 0.5) is 10.1 Å². The topological polar surface area (TPSA) is 67.2 Å². The van der Waals surface area contributed by atoms with Crippen LogP contribution in [0, 0.1) is 18.7 Å². The van der Waals surface area contributed by atoms with E-state index in [1.165, 1.54) is 6.07 Å². The maximum absolute atomic E-state index is 14.8. The Balaban J connectivity index is 1.70. The van der Waals surface area contributed by atoms with Gasteiger partial charge in [0.25, 0.3) is 5.91 Å². The second-order valence-corrected chi connectivity index (χ2v) is 10.6. The van der Waals surface area contributed by atoms with Crippen LogP contribution in [0.15, 0.2) is 54.9 Å². The summed E-state index contributed by atoms with van der Waals surface area (Å²) in [4.78, 5) is 29.0. The number of benzene rings is 2. The minimum absolute atomic E-state index is 0.0519. The van der Waals surface area contributed by atoms with Gasteiger partial charge in [-0.15, -0.1) is 0 Å². The zero-order chi connectivity index (χ0) is 26.0. The number of likely N-dealkylation sites (tertiary alicyclic amines) is 1. The number of piperidine rings is 1. The summed E-state index contributed by atoms with van der Waals surface area (Å²) >= 11 is 0. The van der Waals surface area contributed by atoms with Gasteiger partial charge in [-0.2, -0.15) is 5.10 Å². The molecule has 0 aliphatic carbocycles. The summed E-state index contributed by atoms with van der Waals surface area (Å²) < 4.78 is 16.6. The molecule has 0 radical (unpaired) electrons. The zero-order valence-electron chi connectivity index (χ0n) is 21.7. The number of aromatic nitrogens is 2. The Kier molecular flexibility index (Phi) is 7.29. The lowest BCUT2D eigenvalue weighted by molar-refractivity contribution is -0.123. The van der Waals surface area contributed by atoms with E-state index in [2.05, 4.69) is 37.3 Å². The first kappa shape index (κ1) is 25.6. The first-order valence-electron chi connectivity index (χ1n) is 12.6. The highest BCUT2D eigenvalue weighted by Crippen LogP contribution is 2.38. The normalized spacial score (nSPS) is 18.2. The average molecular weight is 491 g/mol. The smallest absolute Gasteiger partial charge is 0.257 e. The van der Waals surface area contributed by atoms with Gasteiger partial charge in [-0.05, 0) is 61.4 Å². The van der Waals surface area contributed by atoms with Crippen LogP contribution in [-0.2, 0) is 16.8 Å². The summed E-state index contributed by atoms with van der Waals surface area (Å²) in [5, 5.41) is 7.49. The van der Waals surface area contributed by atoms with E-state index >= 15 is 0 Å². The van der Waals surface area contributed by atoms with Crippen LogP contribution in [-0.4, -0.2) is 33.0 Å². The molecule has 2 amide bonds. The molecule has 2 aromatic carbocycles. The standard InChI is InChI=1S/C29H35FN4O2/c1-6-33-18-20(17-31-33)26-23(27(35)32-22-12-8-11-21(16-22)29(3,4)5)13-9-15-34(26)28(36)25-19(2)10-7-14-24(25)30/h7-8,10-12,14,16-18,23,26H,6,9,13,15H2,1-5H3,(H,32,35)/t23?,26-/m0/s1. The lowest BCUT2D eigenvalue weighted by Gasteiger charge is -2.40. The third-order valence-electron chi connectivity index (χ3n) is 6.98. The molecule has 1 aromatic heterocycles. The van der Waals surface area contributed by atoms with E-state index < -0.39 is 23.7 Å². The third-order valence-corrected chi connectivity index (χ3v) is 6.98. The third kappa shape index (κ3) is 5.20. The minimum atomic E-state index is -0.548. The molecule has 0 spiro atoms. The van der Waals surface area contributed by atoms with Crippen LogP contribution in [0.2, 0.25) is 0 Å². The molecule has 190 valence electrons. The van der Waals surface area contributed by atoms with Crippen molar-refractivity contribution in [2.24, 2.45) is 5.92 Å². The first-order valence-corrected chi connectivity index (χ1v) is 12.6. The Morgan fingerprint density at radius 1 is 1.17 bits per heavy atom. The number of carbonyl (C=O) groups is 2. The fourth-order valence-corrected chi connectivity index (χ4v) is 4.96. The van der Waals surface area contributed by atoms with Gasteiger partial charge < -0.3 is 10.2 Å². The van der Waals surface area contributed by atoms with Crippen molar-refractivity contribution in [3.05, 3.63) is 82.9 Å². The van der Waals surface area contributed by atoms with E-state index in [0.29, 0.717) is 31.5 Å². The number of rotatable bonds is 5. The van der Waals surface area contributed by atoms with Crippen molar-refractivity contribution in [2.75, 3.05) is 11.9 Å². The largest absolute Gasteiger partial charge is 0.331 e. The van der Waals surface area contributed by atoms with Crippen molar-refractivity contribution >= 4 is 17.5 Å². The summed E-state index contributed by atoms with van der Waals surface area (Å²) in [6.07, 6.45) is 4.87. The number of hydrogen-bond acceptors (Lipinski definition) is 3. The maximum atomic E-state index is 14.8. The van der Waals surface area contributed by atoms with E-state index in [0.717, 1.165) is 16.8 Å². The summed E-state index contributed by atoms with van der Waals surface area (Å²) in [5.41, 5.74) is 3.21. The second-order valence-electron chi connectivity index (χ2n) is 10.6. The van der Waals surface area contributed by atoms with Crippen molar-refractivity contribution in [3.8, 4) is 0 Å². The molecular weight excluding hydrogens is 455 g/mol. The molecule has 0 saturated carbocycles. The number of anilines is 1. The second kappa shape index (κ2) is 10.2. The van der Waals surface area contributed by atoms with Gasteiger partial charge in [0.05, 0.1) is 23.7 Å². The van der Waals surface area contributed by atoms with Crippen LogP contribution in [0.1, 0.15) is 73.6 Å². The molecule has 2 heterocycles. The Bertz CT molecular complexity index is 1240. The molecule has 0 bridgehead atoms. The average Bonchev–Trinajstić information content (AvgIpc) is 3.32. The Hall–Kier alpha value is -3.48. The molecule has 1 saturated heterocycles. The van der Waals surface area contributed by atoms with Gasteiger partial charge in [0.1, 0.15) is 5.82 Å². The van der Waals surface area contributed by atoms with Gasteiger partial charge in [0.2, 0.25) is 5.91 Å². The van der Waals surface area contributed by atoms with Crippen LogP contribution in [0.5, 0.6) is 0 Å². The number of hydrogen-bond donors (Lipinski definition) is 1. The van der Waals surface area contributed by atoms with Gasteiger partial charge in [-0.3, -0.25) is 14.3 Å². The lowest BCUT2D eigenvalue weighted by Crippen LogP contribution is -2.46. The fraction of sp³-hybridized carbons (Fsp3) is 0.414. The molecule has 1 unspecified atom stereocenters. The number of nitrogens with one attached hydrogen (secondary N) is 1. The molecule has 6 nitrogen and oxygen atoms in total. The maximum Gasteiger partial charge on any atom is 0.257 e. The molecule has 1 aliphatic heterocycles. The van der Waals surface area contributed by atoms with Crippen LogP contribution in [0.25, 0.3) is 0 Å². The quantitative estimate of drug-likeness (QED) is 0.486.